The van der Waals surface area contributed by atoms with Gasteiger partial charge < -0.3 is 14.8 Å². The Balaban J connectivity index is 1.58. The first-order valence-corrected chi connectivity index (χ1v) is 8.95. The highest BCUT2D eigenvalue weighted by molar-refractivity contribution is 5.78. The van der Waals surface area contributed by atoms with Gasteiger partial charge in [0.15, 0.2) is 0 Å². The summed E-state index contributed by atoms with van der Waals surface area (Å²) in [7, 11) is 0. The van der Waals surface area contributed by atoms with Crippen LogP contribution in [-0.4, -0.2) is 71.3 Å². The second-order valence-electron chi connectivity index (χ2n) is 7.29. The van der Waals surface area contributed by atoms with Crippen molar-refractivity contribution in [1.29, 1.82) is 0 Å². The Labute approximate surface area is 151 Å². The zero-order chi connectivity index (χ0) is 18.1. The van der Waals surface area contributed by atoms with Crippen LogP contribution in [0.5, 0.6) is 0 Å². The van der Waals surface area contributed by atoms with E-state index in [0.29, 0.717) is 32.8 Å². The third kappa shape index (κ3) is 3.65. The maximum absolute atomic E-state index is 12.5. The third-order valence-electron chi connectivity index (χ3n) is 5.22. The second-order valence-corrected chi connectivity index (χ2v) is 7.29. The van der Waals surface area contributed by atoms with Gasteiger partial charge in [-0.3, -0.25) is 19.4 Å². The molecule has 0 aliphatic carbocycles. The molecule has 2 fully saturated rings. The maximum Gasteiger partial charge on any atom is 0.317 e. The highest BCUT2D eigenvalue weighted by atomic mass is 16.5. The van der Waals surface area contributed by atoms with Crippen LogP contribution in [0.1, 0.15) is 5.56 Å². The molecule has 3 heterocycles. The Morgan fingerprint density at radius 2 is 2.08 bits per heavy atom. The standard InChI is InChI=1S/C19H23N3O4/c23-18(24)10-21-6-13-7-22(16(9-21)12-26-11-13)8-15-5-14-3-1-2-4-17(14)20-19(15)25/h1-5,13,16H,6-12H2,(H,20,25)(H,23,24)/t13-,16-/m0/s1. The number of hydrogen-bond acceptors (Lipinski definition) is 5. The van der Waals surface area contributed by atoms with Crippen LogP contribution in [0.3, 0.4) is 0 Å². The molecule has 0 amide bonds. The first kappa shape index (κ1) is 17.2. The fraction of sp³-hybridized carbons (Fsp3) is 0.474. The molecule has 1 aromatic carbocycles. The number of fused-ring (bicyclic) bond motifs is 4. The molecule has 0 saturated carbocycles. The lowest BCUT2D eigenvalue weighted by Gasteiger charge is -2.30. The van der Waals surface area contributed by atoms with Crippen molar-refractivity contribution in [2.24, 2.45) is 5.92 Å². The second kappa shape index (κ2) is 7.19. The van der Waals surface area contributed by atoms with E-state index in [0.717, 1.165) is 23.0 Å². The first-order valence-electron chi connectivity index (χ1n) is 8.95. The number of carbonyl (C=O) groups is 1. The molecule has 0 radical (unpaired) electrons. The summed E-state index contributed by atoms with van der Waals surface area (Å²) in [5.41, 5.74) is 1.51. The normalized spacial score (nSPS) is 24.5. The molecule has 2 aromatic rings. The summed E-state index contributed by atoms with van der Waals surface area (Å²) in [4.78, 5) is 30.8. The van der Waals surface area contributed by atoms with E-state index in [2.05, 4.69) is 9.88 Å². The van der Waals surface area contributed by atoms with Crippen molar-refractivity contribution in [1.82, 2.24) is 14.8 Å². The van der Waals surface area contributed by atoms with Gasteiger partial charge in [-0.2, -0.15) is 0 Å². The van der Waals surface area contributed by atoms with Gasteiger partial charge in [0.05, 0.1) is 19.8 Å². The number of carboxylic acids is 1. The number of aliphatic carboxylic acids is 1. The minimum absolute atomic E-state index is 0.0530. The molecule has 4 rings (SSSR count). The topological polar surface area (TPSA) is 85.9 Å². The summed E-state index contributed by atoms with van der Waals surface area (Å²) in [6.45, 7) is 3.98. The van der Waals surface area contributed by atoms with Crippen LogP contribution in [0.25, 0.3) is 10.9 Å². The van der Waals surface area contributed by atoms with E-state index < -0.39 is 5.97 Å². The van der Waals surface area contributed by atoms with Gasteiger partial charge in [-0.05, 0) is 17.5 Å². The molecule has 2 saturated heterocycles. The average Bonchev–Trinajstić information content (AvgIpc) is 2.85. The van der Waals surface area contributed by atoms with Crippen molar-refractivity contribution in [2.75, 3.05) is 39.4 Å². The number of pyridine rings is 1. The Hall–Kier alpha value is -2.22. The van der Waals surface area contributed by atoms with E-state index in [1.807, 2.05) is 35.2 Å². The lowest BCUT2D eigenvalue weighted by atomic mass is 10.1. The number of nitrogens with zero attached hydrogens (tertiary/aromatic N) is 2. The molecule has 1 aromatic heterocycles. The highest BCUT2D eigenvalue weighted by Gasteiger charge is 2.34. The molecule has 2 aliphatic heterocycles. The highest BCUT2D eigenvalue weighted by Crippen LogP contribution is 2.21. The SMILES string of the molecule is O=C(O)CN1C[C@@H]2COC[C@H](C1)N(Cc1cc3ccccc3[nH]c1=O)C2. The van der Waals surface area contributed by atoms with E-state index in [-0.39, 0.29) is 24.1 Å². The quantitative estimate of drug-likeness (QED) is 0.840. The van der Waals surface area contributed by atoms with Crippen molar-refractivity contribution in [3.8, 4) is 0 Å². The Bertz CT molecular complexity index is 865. The summed E-state index contributed by atoms with van der Waals surface area (Å²) in [5.74, 6) is -0.551. The summed E-state index contributed by atoms with van der Waals surface area (Å²) in [6, 6.07) is 9.81. The Morgan fingerprint density at radius 3 is 2.92 bits per heavy atom. The van der Waals surface area contributed by atoms with Crippen molar-refractivity contribution in [3.63, 3.8) is 0 Å². The van der Waals surface area contributed by atoms with E-state index >= 15 is 0 Å². The zero-order valence-electron chi connectivity index (χ0n) is 14.6. The van der Waals surface area contributed by atoms with Crippen LogP contribution in [0.2, 0.25) is 0 Å². The molecule has 2 N–H and O–H groups in total. The van der Waals surface area contributed by atoms with Crippen LogP contribution in [0, 0.1) is 5.92 Å². The average molecular weight is 357 g/mol. The Kier molecular flexibility index (Phi) is 4.76. The molecule has 2 bridgehead atoms. The van der Waals surface area contributed by atoms with Gasteiger partial charge in [-0.15, -0.1) is 0 Å². The molecule has 7 heteroatoms. The number of ether oxygens (including phenoxy) is 1. The van der Waals surface area contributed by atoms with Gasteiger partial charge in [-0.1, -0.05) is 18.2 Å². The number of carboxylic acid groups (broad SMARTS) is 1. The predicted octanol–water partition coefficient (Wildman–Crippen LogP) is 0.745. The summed E-state index contributed by atoms with van der Waals surface area (Å²) < 4.78 is 5.78. The van der Waals surface area contributed by atoms with E-state index in [1.54, 1.807) is 0 Å². The Morgan fingerprint density at radius 1 is 1.23 bits per heavy atom. The molecular weight excluding hydrogens is 334 g/mol. The number of nitrogens with one attached hydrogen (secondary N) is 1. The van der Waals surface area contributed by atoms with E-state index in [9.17, 15) is 9.59 Å². The summed E-state index contributed by atoms with van der Waals surface area (Å²) in [6.07, 6.45) is 0. The zero-order valence-corrected chi connectivity index (χ0v) is 14.6. The smallest absolute Gasteiger partial charge is 0.317 e. The van der Waals surface area contributed by atoms with Gasteiger partial charge in [0.1, 0.15) is 0 Å². The molecule has 2 aliphatic rings. The molecule has 0 unspecified atom stereocenters. The molecule has 7 nitrogen and oxygen atoms in total. The third-order valence-corrected chi connectivity index (χ3v) is 5.22. The molecule has 26 heavy (non-hydrogen) atoms. The minimum atomic E-state index is -0.802. The van der Waals surface area contributed by atoms with Crippen LogP contribution in [-0.2, 0) is 16.1 Å². The number of aromatic amines is 1. The lowest BCUT2D eigenvalue weighted by molar-refractivity contribution is -0.138. The molecule has 138 valence electrons. The first-order chi connectivity index (χ1) is 12.6. The van der Waals surface area contributed by atoms with Crippen LogP contribution >= 0.6 is 0 Å². The van der Waals surface area contributed by atoms with Crippen LogP contribution in [0.4, 0.5) is 0 Å². The largest absolute Gasteiger partial charge is 0.480 e. The minimum Gasteiger partial charge on any atom is -0.480 e. The van der Waals surface area contributed by atoms with E-state index in [1.165, 1.54) is 0 Å². The monoisotopic (exact) mass is 357 g/mol. The summed E-state index contributed by atoms with van der Waals surface area (Å²) >= 11 is 0. The molecule has 2 atom stereocenters. The number of benzene rings is 1. The van der Waals surface area contributed by atoms with Crippen molar-refractivity contribution >= 4 is 16.9 Å². The van der Waals surface area contributed by atoms with Gasteiger partial charge >= 0.3 is 5.97 Å². The fourth-order valence-electron chi connectivity index (χ4n) is 4.07. The number of H-pyrrole nitrogens is 1. The van der Waals surface area contributed by atoms with Gasteiger partial charge in [0.2, 0.25) is 0 Å². The fourth-order valence-corrected chi connectivity index (χ4v) is 4.07. The molecular formula is C19H23N3O4. The van der Waals surface area contributed by atoms with Gasteiger partial charge in [-0.25, -0.2) is 0 Å². The van der Waals surface area contributed by atoms with Crippen LogP contribution in [0.15, 0.2) is 35.1 Å². The number of rotatable bonds is 4. The van der Waals surface area contributed by atoms with Gasteiger partial charge in [0.25, 0.3) is 5.56 Å². The number of aromatic nitrogens is 1. The van der Waals surface area contributed by atoms with Crippen LogP contribution < -0.4 is 5.56 Å². The van der Waals surface area contributed by atoms with Crippen molar-refractivity contribution in [3.05, 3.63) is 46.2 Å². The van der Waals surface area contributed by atoms with Gasteiger partial charge in [0, 0.05) is 49.2 Å². The maximum atomic E-state index is 12.5. The summed E-state index contributed by atoms with van der Waals surface area (Å²) in [5, 5.41) is 10.1. The van der Waals surface area contributed by atoms with E-state index in [4.69, 9.17) is 9.84 Å². The predicted molar refractivity (Wildman–Crippen MR) is 97.2 cm³/mol. The molecule has 0 spiro atoms. The number of para-hydroxylation sites is 1. The lowest BCUT2D eigenvalue weighted by Crippen LogP contribution is -2.45. The van der Waals surface area contributed by atoms with Crippen molar-refractivity contribution in [2.45, 2.75) is 12.6 Å². The van der Waals surface area contributed by atoms with Crippen molar-refractivity contribution < 1.29 is 14.6 Å². The number of hydrogen-bond donors (Lipinski definition) is 2.